The summed E-state index contributed by atoms with van der Waals surface area (Å²) in [4.78, 5) is 2.27. The van der Waals surface area contributed by atoms with Gasteiger partial charge in [-0.2, -0.15) is 13.2 Å². The van der Waals surface area contributed by atoms with E-state index in [2.05, 4.69) is 34.4 Å². The van der Waals surface area contributed by atoms with Gasteiger partial charge in [-0.05, 0) is 75.3 Å². The highest BCUT2D eigenvalue weighted by atomic mass is 19.4. The highest BCUT2D eigenvalue weighted by Crippen LogP contribution is 2.31. The van der Waals surface area contributed by atoms with Gasteiger partial charge in [0.15, 0.2) is 0 Å². The first-order valence-electron chi connectivity index (χ1n) is 10.9. The van der Waals surface area contributed by atoms with Crippen LogP contribution in [-0.4, -0.2) is 48.4 Å². The normalized spacial score (nSPS) is 15.3. The minimum absolute atomic E-state index is 0.178. The highest BCUT2D eigenvalue weighted by molar-refractivity contribution is 5.94. The Morgan fingerprint density at radius 3 is 2.55 bits per heavy atom. The fourth-order valence-electron chi connectivity index (χ4n) is 4.12. The molecule has 0 bridgehead atoms. The van der Waals surface area contributed by atoms with Gasteiger partial charge in [-0.15, -0.1) is 0 Å². The average Bonchev–Trinajstić information content (AvgIpc) is 3.10. The van der Waals surface area contributed by atoms with Crippen molar-refractivity contribution in [2.75, 3.05) is 37.3 Å². The molecule has 4 rings (SSSR count). The number of piperidine rings is 1. The Balaban J connectivity index is 1.60. The van der Waals surface area contributed by atoms with Crippen molar-refractivity contribution in [2.24, 2.45) is 0 Å². The number of fused-ring (bicyclic) bond motifs is 1. The summed E-state index contributed by atoms with van der Waals surface area (Å²) in [6.45, 7) is 1.03. The van der Waals surface area contributed by atoms with E-state index in [4.69, 9.17) is 0 Å². The molecule has 1 aliphatic rings. The average molecular weight is 459 g/mol. The largest absolute Gasteiger partial charge is 0.406 e. The molecule has 0 atom stereocenters. The molecule has 174 valence electrons. The number of nitrogens with one attached hydrogen (secondary N) is 2. The van der Waals surface area contributed by atoms with Crippen LogP contribution in [0, 0.1) is 17.7 Å². The molecule has 0 aliphatic carbocycles. The van der Waals surface area contributed by atoms with Crippen molar-refractivity contribution in [2.45, 2.75) is 31.6 Å². The first kappa shape index (κ1) is 23.0. The molecule has 1 aliphatic heterocycles. The molecule has 0 unspecified atom stereocenters. The third kappa shape index (κ3) is 5.99. The number of halogens is 4. The number of likely N-dealkylation sites (tertiary alicyclic amines) is 1. The van der Waals surface area contributed by atoms with Gasteiger partial charge >= 0.3 is 6.18 Å². The van der Waals surface area contributed by atoms with E-state index in [1.54, 1.807) is 30.3 Å². The van der Waals surface area contributed by atoms with Gasteiger partial charge in [0.1, 0.15) is 12.4 Å². The molecule has 1 fully saturated rings. The number of hydrogen-bond donors (Lipinski definition) is 2. The molecule has 2 N–H and O–H groups in total. The number of aromatic nitrogens is 1. The first-order valence-corrected chi connectivity index (χ1v) is 10.9. The Labute approximate surface area is 190 Å². The summed E-state index contributed by atoms with van der Waals surface area (Å²) in [6.07, 6.45) is -2.41. The third-order valence-electron chi connectivity index (χ3n) is 5.78. The Morgan fingerprint density at radius 2 is 1.82 bits per heavy atom. The molecule has 0 saturated carbocycles. The van der Waals surface area contributed by atoms with Crippen LogP contribution in [0.2, 0.25) is 0 Å². The molecule has 2 heterocycles. The number of nitrogens with zero attached hydrogens (tertiary/aromatic N) is 2. The Bertz CT molecular complexity index is 1160. The Morgan fingerprint density at radius 1 is 1.06 bits per heavy atom. The zero-order chi connectivity index (χ0) is 23.4. The lowest BCUT2D eigenvalue weighted by Gasteiger charge is -2.30. The monoisotopic (exact) mass is 458 g/mol. The lowest BCUT2D eigenvalue weighted by molar-refractivity contribution is -0.140. The van der Waals surface area contributed by atoms with E-state index >= 15 is 0 Å². The first-order chi connectivity index (χ1) is 15.8. The van der Waals surface area contributed by atoms with E-state index in [1.165, 1.54) is 16.7 Å². The number of benzene rings is 2. The number of alkyl halides is 3. The number of rotatable bonds is 5. The van der Waals surface area contributed by atoms with Crippen molar-refractivity contribution in [3.63, 3.8) is 0 Å². The SMILES string of the molecule is CN1CCC(Nc2cccc3c2cc(C#CCNc2cccc(F)c2)n3CC(F)(F)F)CC1. The van der Waals surface area contributed by atoms with Crippen LogP contribution < -0.4 is 10.6 Å². The molecule has 3 aromatic rings. The summed E-state index contributed by atoms with van der Waals surface area (Å²) in [5, 5.41) is 7.21. The van der Waals surface area contributed by atoms with Gasteiger partial charge < -0.3 is 20.1 Å². The molecule has 0 amide bonds. The van der Waals surface area contributed by atoms with Crippen molar-refractivity contribution in [3.05, 3.63) is 60.0 Å². The van der Waals surface area contributed by atoms with Crippen LogP contribution in [0.3, 0.4) is 0 Å². The summed E-state index contributed by atoms with van der Waals surface area (Å²) in [6, 6.07) is 13.3. The van der Waals surface area contributed by atoms with Crippen LogP contribution in [0.1, 0.15) is 18.5 Å². The predicted molar refractivity (Wildman–Crippen MR) is 124 cm³/mol. The van der Waals surface area contributed by atoms with Crippen molar-refractivity contribution < 1.29 is 17.6 Å². The Kier molecular flexibility index (Phi) is 6.80. The highest BCUT2D eigenvalue weighted by Gasteiger charge is 2.30. The van der Waals surface area contributed by atoms with E-state index in [1.807, 2.05) is 6.07 Å². The molecule has 0 spiro atoms. The van der Waals surface area contributed by atoms with Gasteiger partial charge in [0.05, 0.1) is 17.8 Å². The minimum atomic E-state index is -4.38. The van der Waals surface area contributed by atoms with Crippen molar-refractivity contribution in [1.82, 2.24) is 9.47 Å². The zero-order valence-corrected chi connectivity index (χ0v) is 18.3. The van der Waals surface area contributed by atoms with Gasteiger partial charge in [0, 0.05) is 22.8 Å². The second-order valence-corrected chi connectivity index (χ2v) is 8.36. The molecule has 4 nitrogen and oxygen atoms in total. The summed E-state index contributed by atoms with van der Waals surface area (Å²) in [5.41, 5.74) is 2.17. The maximum Gasteiger partial charge on any atom is 0.406 e. The van der Waals surface area contributed by atoms with E-state index in [-0.39, 0.29) is 18.4 Å². The topological polar surface area (TPSA) is 32.2 Å². The molecule has 2 aromatic carbocycles. The summed E-state index contributed by atoms with van der Waals surface area (Å²) in [5.74, 6) is 5.36. The molecule has 33 heavy (non-hydrogen) atoms. The molecule has 0 radical (unpaired) electrons. The number of hydrogen-bond acceptors (Lipinski definition) is 3. The molecular weight excluding hydrogens is 432 g/mol. The van der Waals surface area contributed by atoms with Crippen LogP contribution in [-0.2, 0) is 6.54 Å². The van der Waals surface area contributed by atoms with Gasteiger partial charge in [0.2, 0.25) is 0 Å². The van der Waals surface area contributed by atoms with Crippen LogP contribution in [0.25, 0.3) is 10.9 Å². The van der Waals surface area contributed by atoms with E-state index < -0.39 is 12.7 Å². The van der Waals surface area contributed by atoms with Gasteiger partial charge in [0.25, 0.3) is 0 Å². The van der Waals surface area contributed by atoms with Crippen molar-refractivity contribution in [3.8, 4) is 11.8 Å². The molecule has 8 heteroatoms. The summed E-state index contributed by atoms with van der Waals surface area (Å²) in [7, 11) is 2.09. The summed E-state index contributed by atoms with van der Waals surface area (Å²) >= 11 is 0. The van der Waals surface area contributed by atoms with Gasteiger partial charge in [-0.25, -0.2) is 4.39 Å². The standard InChI is InChI=1S/C25H26F4N4/c1-32-13-10-19(11-14-32)31-23-8-3-9-24-22(23)16-21(33(24)17-25(27,28)29)7-4-12-30-20-6-2-5-18(26)15-20/h2-3,5-6,8-9,15-16,19,30-31H,10-14,17H2,1H3. The maximum atomic E-state index is 13.3. The Hall–Kier alpha value is -3.18. The third-order valence-corrected chi connectivity index (χ3v) is 5.78. The smallest absolute Gasteiger partial charge is 0.382 e. The van der Waals surface area contributed by atoms with Crippen molar-refractivity contribution >= 4 is 22.3 Å². The fourth-order valence-corrected chi connectivity index (χ4v) is 4.12. The van der Waals surface area contributed by atoms with E-state index in [0.29, 0.717) is 16.9 Å². The second kappa shape index (κ2) is 9.75. The molecule has 1 aromatic heterocycles. The van der Waals surface area contributed by atoms with Crippen LogP contribution >= 0.6 is 0 Å². The second-order valence-electron chi connectivity index (χ2n) is 8.36. The van der Waals surface area contributed by atoms with Gasteiger partial charge in [-0.1, -0.05) is 18.1 Å². The van der Waals surface area contributed by atoms with E-state index in [0.717, 1.165) is 37.0 Å². The minimum Gasteiger partial charge on any atom is -0.382 e. The fraction of sp³-hybridized carbons (Fsp3) is 0.360. The predicted octanol–water partition coefficient (Wildman–Crippen LogP) is 5.31. The quantitative estimate of drug-likeness (QED) is 0.401. The van der Waals surface area contributed by atoms with Crippen LogP contribution in [0.4, 0.5) is 28.9 Å². The van der Waals surface area contributed by atoms with Crippen molar-refractivity contribution in [1.29, 1.82) is 0 Å². The summed E-state index contributed by atoms with van der Waals surface area (Å²) < 4.78 is 54.6. The molecular formula is C25H26F4N4. The maximum absolute atomic E-state index is 13.3. The number of anilines is 2. The van der Waals surface area contributed by atoms with Crippen LogP contribution in [0.5, 0.6) is 0 Å². The lowest BCUT2D eigenvalue weighted by atomic mass is 10.0. The van der Waals surface area contributed by atoms with Crippen LogP contribution in [0.15, 0.2) is 48.5 Å². The lowest BCUT2D eigenvalue weighted by Crippen LogP contribution is -2.36. The molecule has 1 saturated heterocycles. The zero-order valence-electron chi connectivity index (χ0n) is 18.3. The van der Waals surface area contributed by atoms with E-state index in [9.17, 15) is 17.6 Å². The van der Waals surface area contributed by atoms with Gasteiger partial charge in [-0.3, -0.25) is 0 Å².